The monoisotopic (exact) mass is 402 g/mol. The Kier molecular flexibility index (Phi) is 8.33. The fraction of sp³-hybridized carbons (Fsp3) is 0.364. The molecule has 2 rings (SSSR count). The number of nitrogens with one attached hydrogen (secondary N) is 1. The number of hydrogen-bond acceptors (Lipinski definition) is 3. The molecule has 0 heterocycles. The highest BCUT2D eigenvalue weighted by Gasteiger charge is 2.29. The van der Waals surface area contributed by atoms with E-state index in [4.69, 9.17) is 16.3 Å². The van der Waals surface area contributed by atoms with Crippen molar-refractivity contribution >= 4 is 23.4 Å². The summed E-state index contributed by atoms with van der Waals surface area (Å²) >= 11 is 6.28. The number of halogens is 1. The van der Waals surface area contributed by atoms with Crippen molar-refractivity contribution in [1.82, 2.24) is 10.2 Å². The molecule has 0 radical (unpaired) electrons. The molecule has 1 N–H and O–H groups in total. The van der Waals surface area contributed by atoms with Gasteiger partial charge in [-0.15, -0.1) is 0 Å². The maximum absolute atomic E-state index is 13.0. The van der Waals surface area contributed by atoms with Crippen molar-refractivity contribution in [1.29, 1.82) is 0 Å². The number of benzene rings is 2. The Hall–Kier alpha value is -2.53. The number of likely N-dealkylation sites (N-methyl/N-ethyl adjacent to an activating group) is 1. The van der Waals surface area contributed by atoms with Gasteiger partial charge >= 0.3 is 0 Å². The molecule has 0 spiro atoms. The highest BCUT2D eigenvalue weighted by molar-refractivity contribution is 6.31. The highest BCUT2D eigenvalue weighted by Crippen LogP contribution is 2.20. The largest absolute Gasteiger partial charge is 0.484 e. The van der Waals surface area contributed by atoms with Crippen molar-refractivity contribution in [3.63, 3.8) is 0 Å². The predicted molar refractivity (Wildman–Crippen MR) is 111 cm³/mol. The van der Waals surface area contributed by atoms with Crippen LogP contribution in [0.1, 0.15) is 31.4 Å². The Morgan fingerprint density at radius 2 is 1.79 bits per heavy atom. The number of amides is 2. The van der Waals surface area contributed by atoms with Crippen LogP contribution in [0.4, 0.5) is 0 Å². The van der Waals surface area contributed by atoms with E-state index in [1.165, 1.54) is 0 Å². The average molecular weight is 403 g/mol. The van der Waals surface area contributed by atoms with Gasteiger partial charge in [0, 0.05) is 18.1 Å². The predicted octanol–water partition coefficient (Wildman–Crippen LogP) is 3.97. The second kappa shape index (κ2) is 10.7. The molecule has 0 aliphatic rings. The first-order valence-corrected chi connectivity index (χ1v) is 9.84. The zero-order chi connectivity index (χ0) is 20.5. The SMILES string of the molecule is CCNC(=O)[C@H](CC)N(Cc1ccccc1Cl)C(=O)COc1ccc(C)cc1. The van der Waals surface area contributed by atoms with Crippen molar-refractivity contribution in [3.8, 4) is 5.75 Å². The molecule has 0 aliphatic heterocycles. The molecule has 0 fully saturated rings. The van der Waals surface area contributed by atoms with Gasteiger partial charge in [-0.25, -0.2) is 0 Å². The van der Waals surface area contributed by atoms with Crippen LogP contribution in [0.3, 0.4) is 0 Å². The fourth-order valence-electron chi connectivity index (χ4n) is 2.88. The summed E-state index contributed by atoms with van der Waals surface area (Å²) in [5, 5.41) is 3.37. The van der Waals surface area contributed by atoms with Crippen LogP contribution in [0, 0.1) is 6.92 Å². The number of carbonyl (C=O) groups is 2. The van der Waals surface area contributed by atoms with Crippen LogP contribution in [0.2, 0.25) is 5.02 Å². The average Bonchev–Trinajstić information content (AvgIpc) is 2.69. The lowest BCUT2D eigenvalue weighted by molar-refractivity contribution is -0.142. The Balaban J connectivity index is 2.20. The van der Waals surface area contributed by atoms with Gasteiger partial charge in [0.25, 0.3) is 5.91 Å². The molecule has 150 valence electrons. The summed E-state index contributed by atoms with van der Waals surface area (Å²) in [6, 6.07) is 14.2. The van der Waals surface area contributed by atoms with Gasteiger partial charge in [0.05, 0.1) is 0 Å². The van der Waals surface area contributed by atoms with Gasteiger partial charge in [-0.3, -0.25) is 9.59 Å². The minimum Gasteiger partial charge on any atom is -0.484 e. The summed E-state index contributed by atoms with van der Waals surface area (Å²) in [4.78, 5) is 27.1. The molecule has 0 aliphatic carbocycles. The van der Waals surface area contributed by atoms with Crippen molar-refractivity contribution < 1.29 is 14.3 Å². The maximum Gasteiger partial charge on any atom is 0.261 e. The lowest BCUT2D eigenvalue weighted by Gasteiger charge is -2.30. The van der Waals surface area contributed by atoms with Crippen LogP contribution in [-0.4, -0.2) is 35.9 Å². The highest BCUT2D eigenvalue weighted by atomic mass is 35.5. The van der Waals surface area contributed by atoms with Crippen molar-refractivity contribution in [2.45, 2.75) is 39.8 Å². The van der Waals surface area contributed by atoms with Crippen LogP contribution in [0.25, 0.3) is 0 Å². The van der Waals surface area contributed by atoms with E-state index in [0.717, 1.165) is 11.1 Å². The van der Waals surface area contributed by atoms with Crippen molar-refractivity contribution in [3.05, 3.63) is 64.7 Å². The van der Waals surface area contributed by atoms with E-state index in [-0.39, 0.29) is 25.0 Å². The third-order valence-corrected chi connectivity index (χ3v) is 4.79. The van der Waals surface area contributed by atoms with E-state index in [2.05, 4.69) is 5.32 Å². The molecule has 2 aromatic carbocycles. The Labute approximate surface area is 171 Å². The van der Waals surface area contributed by atoms with Gasteiger partial charge in [0.15, 0.2) is 6.61 Å². The summed E-state index contributed by atoms with van der Waals surface area (Å²) in [7, 11) is 0. The molecule has 1 atom stereocenters. The zero-order valence-corrected chi connectivity index (χ0v) is 17.3. The third-order valence-electron chi connectivity index (χ3n) is 4.42. The van der Waals surface area contributed by atoms with E-state index in [0.29, 0.717) is 23.7 Å². The van der Waals surface area contributed by atoms with Gasteiger partial charge < -0.3 is 15.0 Å². The number of nitrogens with zero attached hydrogens (tertiary/aromatic N) is 1. The van der Waals surface area contributed by atoms with E-state index >= 15 is 0 Å². The Morgan fingerprint density at radius 3 is 2.39 bits per heavy atom. The molecule has 2 amide bonds. The lowest BCUT2D eigenvalue weighted by atomic mass is 10.1. The van der Waals surface area contributed by atoms with E-state index < -0.39 is 6.04 Å². The Morgan fingerprint density at radius 1 is 1.11 bits per heavy atom. The molecule has 5 nitrogen and oxygen atoms in total. The molecule has 0 saturated heterocycles. The molecule has 2 aromatic rings. The summed E-state index contributed by atoms with van der Waals surface area (Å²) in [6.45, 7) is 6.32. The zero-order valence-electron chi connectivity index (χ0n) is 16.6. The number of ether oxygens (including phenoxy) is 1. The lowest BCUT2D eigenvalue weighted by Crippen LogP contribution is -2.50. The summed E-state index contributed by atoms with van der Waals surface area (Å²) in [6.07, 6.45) is 0.493. The summed E-state index contributed by atoms with van der Waals surface area (Å²) < 4.78 is 5.65. The van der Waals surface area contributed by atoms with Crippen molar-refractivity contribution in [2.24, 2.45) is 0 Å². The van der Waals surface area contributed by atoms with Gasteiger partial charge in [-0.05, 0) is 44.0 Å². The number of rotatable bonds is 9. The Bertz CT molecular complexity index is 793. The minimum atomic E-state index is -0.592. The molecular weight excluding hydrogens is 376 g/mol. The number of carbonyl (C=O) groups excluding carboxylic acids is 2. The van der Waals surface area contributed by atoms with E-state index in [9.17, 15) is 9.59 Å². The molecule has 0 saturated carbocycles. The molecule has 0 unspecified atom stereocenters. The van der Waals surface area contributed by atoms with Gasteiger partial charge in [0.2, 0.25) is 5.91 Å². The standard InChI is InChI=1S/C22H27ClN2O3/c1-4-20(22(27)24-5-2)25(14-17-8-6-7-9-19(17)23)21(26)15-28-18-12-10-16(3)11-13-18/h6-13,20H,4-5,14-15H2,1-3H3,(H,24,27)/t20-/m0/s1. The number of hydrogen-bond donors (Lipinski definition) is 1. The number of aryl methyl sites for hydroxylation is 1. The fourth-order valence-corrected chi connectivity index (χ4v) is 3.08. The van der Waals surface area contributed by atoms with Gasteiger partial charge in [0.1, 0.15) is 11.8 Å². The smallest absolute Gasteiger partial charge is 0.261 e. The normalized spacial score (nSPS) is 11.6. The molecular formula is C22H27ClN2O3. The van der Waals surface area contributed by atoms with Crippen LogP contribution < -0.4 is 10.1 Å². The first-order valence-electron chi connectivity index (χ1n) is 9.46. The summed E-state index contributed by atoms with van der Waals surface area (Å²) in [5.74, 6) is 0.169. The molecule has 6 heteroatoms. The second-order valence-corrected chi connectivity index (χ2v) is 6.94. The summed E-state index contributed by atoms with van der Waals surface area (Å²) in [5.41, 5.74) is 1.90. The quantitative estimate of drug-likeness (QED) is 0.690. The second-order valence-electron chi connectivity index (χ2n) is 6.53. The molecule has 0 bridgehead atoms. The van der Waals surface area contributed by atoms with Crippen LogP contribution in [0.15, 0.2) is 48.5 Å². The molecule has 28 heavy (non-hydrogen) atoms. The van der Waals surface area contributed by atoms with Gasteiger partial charge in [-0.2, -0.15) is 0 Å². The van der Waals surface area contributed by atoms with Crippen LogP contribution in [0.5, 0.6) is 5.75 Å². The first-order chi connectivity index (χ1) is 13.5. The minimum absolute atomic E-state index is 0.149. The molecule has 0 aromatic heterocycles. The van der Waals surface area contributed by atoms with Crippen molar-refractivity contribution in [2.75, 3.05) is 13.2 Å². The maximum atomic E-state index is 13.0. The van der Waals surface area contributed by atoms with Gasteiger partial charge in [-0.1, -0.05) is 54.4 Å². The van der Waals surface area contributed by atoms with Crippen LogP contribution in [-0.2, 0) is 16.1 Å². The first kappa shape index (κ1) is 21.8. The topological polar surface area (TPSA) is 58.6 Å². The third kappa shape index (κ3) is 5.99. The van der Waals surface area contributed by atoms with E-state index in [1.54, 1.807) is 11.0 Å². The van der Waals surface area contributed by atoms with Crippen LogP contribution >= 0.6 is 11.6 Å². The van der Waals surface area contributed by atoms with E-state index in [1.807, 2.05) is 63.2 Å².